The fourth-order valence-corrected chi connectivity index (χ4v) is 4.61. The van der Waals surface area contributed by atoms with Gasteiger partial charge in [-0.1, -0.05) is 6.92 Å². The SMILES string of the molecule is CCC(C)NS(=O)(=O)c1ccc2c(c1)c(Nc1ccc(F)c(C)c1)nn2C1CC1. The smallest absolute Gasteiger partial charge is 0.240 e. The largest absolute Gasteiger partial charge is 0.338 e. The molecule has 0 spiro atoms. The summed E-state index contributed by atoms with van der Waals surface area (Å²) in [4.78, 5) is 0.207. The summed E-state index contributed by atoms with van der Waals surface area (Å²) in [6, 6.07) is 10.0. The number of sulfonamides is 1. The van der Waals surface area contributed by atoms with Gasteiger partial charge in [0.05, 0.1) is 16.5 Å². The van der Waals surface area contributed by atoms with Gasteiger partial charge in [0.2, 0.25) is 10.0 Å². The molecular formula is C21H25FN4O2S. The van der Waals surface area contributed by atoms with Crippen molar-refractivity contribution in [2.75, 3.05) is 5.32 Å². The van der Waals surface area contributed by atoms with Crippen LogP contribution in [0.5, 0.6) is 0 Å². The Kier molecular flexibility index (Phi) is 5.08. The number of rotatable bonds is 7. The Morgan fingerprint density at radius 2 is 2.00 bits per heavy atom. The zero-order chi connectivity index (χ0) is 20.8. The second-order valence-corrected chi connectivity index (χ2v) is 9.44. The third-order valence-electron chi connectivity index (χ3n) is 5.27. The number of hydrogen-bond donors (Lipinski definition) is 2. The van der Waals surface area contributed by atoms with Crippen molar-refractivity contribution in [3.8, 4) is 0 Å². The number of aromatic nitrogens is 2. The van der Waals surface area contributed by atoms with E-state index in [1.54, 1.807) is 31.2 Å². The van der Waals surface area contributed by atoms with Gasteiger partial charge in [0, 0.05) is 17.1 Å². The lowest BCUT2D eigenvalue weighted by Gasteiger charge is -2.12. The second-order valence-electron chi connectivity index (χ2n) is 7.72. The molecule has 1 unspecified atom stereocenters. The third-order valence-corrected chi connectivity index (χ3v) is 6.86. The van der Waals surface area contributed by atoms with E-state index in [0.717, 1.165) is 23.7 Å². The standard InChI is InChI=1S/C21H25FN4O2S/c1-4-14(3)25-29(27,28)17-8-10-20-18(12-17)21(24-26(20)16-6-7-16)23-15-5-9-19(22)13(2)11-15/h5,8-12,14,16,25H,4,6-7H2,1-3H3,(H,23,24). The van der Waals surface area contributed by atoms with Crippen molar-refractivity contribution in [1.82, 2.24) is 14.5 Å². The predicted octanol–water partition coefficient (Wildman–Crippen LogP) is 4.64. The lowest BCUT2D eigenvalue weighted by atomic mass is 10.2. The van der Waals surface area contributed by atoms with E-state index in [2.05, 4.69) is 10.0 Å². The van der Waals surface area contributed by atoms with Gasteiger partial charge in [-0.25, -0.2) is 17.5 Å². The molecule has 0 aliphatic heterocycles. The highest BCUT2D eigenvalue weighted by Gasteiger charge is 2.28. The number of halogens is 1. The van der Waals surface area contributed by atoms with Crippen LogP contribution in [-0.2, 0) is 10.0 Å². The molecule has 1 fully saturated rings. The molecule has 4 rings (SSSR count). The summed E-state index contributed by atoms with van der Waals surface area (Å²) in [6.07, 6.45) is 2.82. The highest BCUT2D eigenvalue weighted by molar-refractivity contribution is 7.89. The number of nitrogens with one attached hydrogen (secondary N) is 2. The molecule has 1 atom stereocenters. The summed E-state index contributed by atoms with van der Waals surface area (Å²) in [5.74, 6) is 0.298. The van der Waals surface area contributed by atoms with Crippen molar-refractivity contribution in [3.05, 3.63) is 47.8 Å². The maximum absolute atomic E-state index is 13.6. The number of hydrogen-bond acceptors (Lipinski definition) is 4. The lowest BCUT2D eigenvalue weighted by molar-refractivity contribution is 0.556. The van der Waals surface area contributed by atoms with Gasteiger partial charge in [0.15, 0.2) is 5.82 Å². The minimum Gasteiger partial charge on any atom is -0.338 e. The van der Waals surface area contributed by atoms with Crippen LogP contribution >= 0.6 is 0 Å². The fraction of sp³-hybridized carbons (Fsp3) is 0.381. The Morgan fingerprint density at radius 3 is 2.66 bits per heavy atom. The zero-order valence-electron chi connectivity index (χ0n) is 16.7. The van der Waals surface area contributed by atoms with Gasteiger partial charge in [-0.3, -0.25) is 4.68 Å². The molecule has 1 aromatic heterocycles. The molecule has 2 N–H and O–H groups in total. The Balaban J connectivity index is 1.77. The van der Waals surface area contributed by atoms with Gasteiger partial charge in [-0.15, -0.1) is 0 Å². The first-order valence-electron chi connectivity index (χ1n) is 9.86. The predicted molar refractivity (Wildman–Crippen MR) is 112 cm³/mol. The molecule has 0 amide bonds. The van der Waals surface area contributed by atoms with Crippen LogP contribution in [0, 0.1) is 12.7 Å². The Morgan fingerprint density at radius 1 is 1.24 bits per heavy atom. The molecule has 6 nitrogen and oxygen atoms in total. The van der Waals surface area contributed by atoms with Gasteiger partial charge < -0.3 is 5.32 Å². The van der Waals surface area contributed by atoms with Gasteiger partial charge >= 0.3 is 0 Å². The first kappa shape index (κ1) is 19.8. The number of aryl methyl sites for hydroxylation is 1. The molecule has 2 aromatic carbocycles. The molecule has 8 heteroatoms. The summed E-state index contributed by atoms with van der Waals surface area (Å²) in [5.41, 5.74) is 2.12. The van der Waals surface area contributed by atoms with Gasteiger partial charge in [-0.2, -0.15) is 5.10 Å². The van der Waals surface area contributed by atoms with E-state index in [1.807, 2.05) is 24.6 Å². The van der Waals surface area contributed by atoms with Crippen LogP contribution < -0.4 is 10.0 Å². The van der Waals surface area contributed by atoms with Crippen LogP contribution in [0.2, 0.25) is 0 Å². The Hall–Kier alpha value is -2.45. The van der Waals surface area contributed by atoms with E-state index < -0.39 is 10.0 Å². The van der Waals surface area contributed by atoms with Gasteiger partial charge in [-0.05, 0) is 75.1 Å². The average molecular weight is 417 g/mol. The number of fused-ring (bicyclic) bond motifs is 1. The minimum absolute atomic E-state index is 0.148. The normalized spacial score (nSPS) is 15.6. The maximum Gasteiger partial charge on any atom is 0.240 e. The molecule has 1 aliphatic rings. The molecule has 0 saturated heterocycles. The van der Waals surface area contributed by atoms with E-state index in [1.165, 1.54) is 6.07 Å². The number of benzene rings is 2. The summed E-state index contributed by atoms with van der Waals surface area (Å²) < 4.78 is 43.7. The molecule has 154 valence electrons. The molecule has 3 aromatic rings. The quantitative estimate of drug-likeness (QED) is 0.588. The van der Waals surface area contributed by atoms with E-state index in [9.17, 15) is 12.8 Å². The van der Waals surface area contributed by atoms with E-state index in [-0.39, 0.29) is 16.8 Å². The number of anilines is 2. The molecule has 29 heavy (non-hydrogen) atoms. The second kappa shape index (κ2) is 7.42. The summed E-state index contributed by atoms with van der Waals surface area (Å²) >= 11 is 0. The van der Waals surface area contributed by atoms with Crippen molar-refractivity contribution < 1.29 is 12.8 Å². The van der Waals surface area contributed by atoms with Crippen LogP contribution in [0.3, 0.4) is 0 Å². The van der Waals surface area contributed by atoms with Crippen molar-refractivity contribution in [2.24, 2.45) is 0 Å². The summed E-state index contributed by atoms with van der Waals surface area (Å²) in [5, 5.41) is 8.66. The molecule has 0 bridgehead atoms. The molecule has 1 aliphatic carbocycles. The number of nitrogens with zero attached hydrogens (tertiary/aromatic N) is 2. The highest BCUT2D eigenvalue weighted by Crippen LogP contribution is 2.39. The van der Waals surface area contributed by atoms with Crippen LogP contribution in [-0.4, -0.2) is 24.2 Å². The lowest BCUT2D eigenvalue weighted by Crippen LogP contribution is -2.31. The van der Waals surface area contributed by atoms with Gasteiger partial charge in [0.25, 0.3) is 0 Å². The van der Waals surface area contributed by atoms with Crippen LogP contribution in [0.15, 0.2) is 41.3 Å². The monoisotopic (exact) mass is 416 g/mol. The first-order chi connectivity index (χ1) is 13.8. The van der Waals surface area contributed by atoms with Crippen LogP contribution in [0.1, 0.15) is 44.7 Å². The average Bonchev–Trinajstić information content (AvgIpc) is 3.47. The first-order valence-corrected chi connectivity index (χ1v) is 11.3. The third kappa shape index (κ3) is 4.00. The molecular weight excluding hydrogens is 391 g/mol. The summed E-state index contributed by atoms with van der Waals surface area (Å²) in [7, 11) is -3.62. The van der Waals surface area contributed by atoms with Crippen molar-refractivity contribution in [3.63, 3.8) is 0 Å². The fourth-order valence-electron chi connectivity index (χ4n) is 3.25. The van der Waals surface area contributed by atoms with Crippen molar-refractivity contribution in [2.45, 2.75) is 57.0 Å². The van der Waals surface area contributed by atoms with Gasteiger partial charge in [0.1, 0.15) is 5.82 Å². The van der Waals surface area contributed by atoms with E-state index >= 15 is 0 Å². The Labute approximate surface area is 170 Å². The van der Waals surface area contributed by atoms with E-state index in [0.29, 0.717) is 29.5 Å². The van der Waals surface area contributed by atoms with Crippen LogP contribution in [0.25, 0.3) is 10.9 Å². The topological polar surface area (TPSA) is 76.0 Å². The molecule has 1 saturated carbocycles. The van der Waals surface area contributed by atoms with Crippen molar-refractivity contribution >= 4 is 32.4 Å². The van der Waals surface area contributed by atoms with Crippen LogP contribution in [0.4, 0.5) is 15.9 Å². The van der Waals surface area contributed by atoms with Crippen molar-refractivity contribution in [1.29, 1.82) is 0 Å². The summed E-state index contributed by atoms with van der Waals surface area (Å²) in [6.45, 7) is 5.47. The maximum atomic E-state index is 13.6. The van der Waals surface area contributed by atoms with E-state index in [4.69, 9.17) is 5.10 Å². The Bertz CT molecular complexity index is 1170. The minimum atomic E-state index is -3.62. The highest BCUT2D eigenvalue weighted by atomic mass is 32.2. The molecule has 0 radical (unpaired) electrons. The molecule has 1 heterocycles. The zero-order valence-corrected chi connectivity index (χ0v) is 17.6.